The Labute approximate surface area is 85.7 Å². The minimum absolute atomic E-state index is 0.236. The average Bonchev–Trinajstić information content (AvgIpc) is 2.14. The van der Waals surface area contributed by atoms with E-state index in [0.29, 0.717) is 5.75 Å². The van der Waals surface area contributed by atoms with E-state index in [1.165, 1.54) is 0 Å². The second-order valence-corrected chi connectivity index (χ2v) is 3.29. The number of hydrogen-bond donors (Lipinski definition) is 0. The van der Waals surface area contributed by atoms with Gasteiger partial charge in [-0.05, 0) is 12.1 Å². The maximum absolute atomic E-state index is 5.25. The summed E-state index contributed by atoms with van der Waals surface area (Å²) in [6.45, 7) is 0.236. The fraction of sp³-hybridized carbons (Fsp3) is 0.333. The molecule has 72 valence electrons. The van der Waals surface area contributed by atoms with Crippen LogP contribution in [0.4, 0.5) is 0 Å². The minimum atomic E-state index is 0.236. The zero-order valence-corrected chi connectivity index (χ0v) is 9.13. The lowest BCUT2D eigenvalue weighted by Gasteiger charge is -2.07. The summed E-state index contributed by atoms with van der Waals surface area (Å²) in [4.78, 5) is 0. The molecule has 13 heavy (non-hydrogen) atoms. The van der Waals surface area contributed by atoms with Crippen LogP contribution in [-0.4, -0.2) is 21.0 Å². The number of ether oxygens (including phenoxy) is 3. The summed E-state index contributed by atoms with van der Waals surface area (Å²) in [5.74, 6) is 1.47. The number of hydrogen-bond acceptors (Lipinski definition) is 3. The van der Waals surface area contributed by atoms with Gasteiger partial charge in [-0.2, -0.15) is 0 Å². The molecule has 0 radical (unpaired) electrons. The lowest BCUT2D eigenvalue weighted by molar-refractivity contribution is 0.0509. The van der Waals surface area contributed by atoms with E-state index >= 15 is 0 Å². The maximum atomic E-state index is 5.25. The van der Waals surface area contributed by atoms with Gasteiger partial charge in [0, 0.05) is 17.6 Å². The summed E-state index contributed by atoms with van der Waals surface area (Å²) in [5, 5.41) is 0. The highest BCUT2D eigenvalue weighted by Gasteiger charge is 1.99. The Kier molecular flexibility index (Phi) is 4.05. The van der Waals surface area contributed by atoms with Gasteiger partial charge in [-0.3, -0.25) is 0 Å². The summed E-state index contributed by atoms with van der Waals surface area (Å²) < 4.78 is 16.0. The van der Waals surface area contributed by atoms with Crippen LogP contribution in [0, 0.1) is 0 Å². The summed E-state index contributed by atoms with van der Waals surface area (Å²) in [6.07, 6.45) is 0. The molecule has 0 unspecified atom stereocenters. The SMILES string of the molecule is COCOc1cc(Br)cc(OC)c1. The summed E-state index contributed by atoms with van der Waals surface area (Å²) in [6, 6.07) is 5.50. The molecular weight excluding hydrogens is 236 g/mol. The van der Waals surface area contributed by atoms with Gasteiger partial charge in [0.1, 0.15) is 11.5 Å². The van der Waals surface area contributed by atoms with Gasteiger partial charge in [0.15, 0.2) is 6.79 Å². The van der Waals surface area contributed by atoms with E-state index in [0.717, 1.165) is 10.2 Å². The van der Waals surface area contributed by atoms with Crippen molar-refractivity contribution < 1.29 is 14.2 Å². The molecule has 0 saturated heterocycles. The van der Waals surface area contributed by atoms with Gasteiger partial charge in [0.2, 0.25) is 0 Å². The van der Waals surface area contributed by atoms with Crippen molar-refractivity contribution in [2.24, 2.45) is 0 Å². The molecule has 1 aromatic rings. The standard InChI is InChI=1S/C9H11BrO3/c1-11-6-13-9-4-7(10)3-8(5-9)12-2/h3-5H,6H2,1-2H3. The third-order valence-corrected chi connectivity index (χ3v) is 1.88. The van der Waals surface area contributed by atoms with Crippen LogP contribution in [0.3, 0.4) is 0 Å². The molecule has 0 bridgehead atoms. The molecule has 0 aromatic heterocycles. The molecule has 0 N–H and O–H groups in total. The monoisotopic (exact) mass is 246 g/mol. The van der Waals surface area contributed by atoms with Crippen molar-refractivity contribution in [3.05, 3.63) is 22.7 Å². The van der Waals surface area contributed by atoms with Crippen LogP contribution in [0.25, 0.3) is 0 Å². The Morgan fingerprint density at radius 1 is 1.15 bits per heavy atom. The average molecular weight is 247 g/mol. The third kappa shape index (κ3) is 3.24. The van der Waals surface area contributed by atoms with Gasteiger partial charge >= 0.3 is 0 Å². The summed E-state index contributed by atoms with van der Waals surface area (Å²) >= 11 is 3.34. The number of benzene rings is 1. The van der Waals surface area contributed by atoms with Crippen molar-refractivity contribution >= 4 is 15.9 Å². The molecule has 3 nitrogen and oxygen atoms in total. The fourth-order valence-corrected chi connectivity index (χ4v) is 1.32. The van der Waals surface area contributed by atoms with Crippen molar-refractivity contribution in [1.82, 2.24) is 0 Å². The van der Waals surface area contributed by atoms with E-state index < -0.39 is 0 Å². The van der Waals surface area contributed by atoms with Crippen molar-refractivity contribution in [3.63, 3.8) is 0 Å². The highest BCUT2D eigenvalue weighted by molar-refractivity contribution is 9.10. The number of methoxy groups -OCH3 is 2. The van der Waals surface area contributed by atoms with Crippen LogP contribution in [-0.2, 0) is 4.74 Å². The van der Waals surface area contributed by atoms with Gasteiger partial charge < -0.3 is 14.2 Å². The predicted molar refractivity (Wildman–Crippen MR) is 53.2 cm³/mol. The quantitative estimate of drug-likeness (QED) is 0.765. The van der Waals surface area contributed by atoms with E-state index in [-0.39, 0.29) is 6.79 Å². The van der Waals surface area contributed by atoms with E-state index in [9.17, 15) is 0 Å². The van der Waals surface area contributed by atoms with Gasteiger partial charge in [-0.15, -0.1) is 0 Å². The lowest BCUT2D eigenvalue weighted by atomic mass is 10.3. The zero-order valence-electron chi connectivity index (χ0n) is 7.54. The molecule has 0 aliphatic carbocycles. The second-order valence-electron chi connectivity index (χ2n) is 2.38. The van der Waals surface area contributed by atoms with Gasteiger partial charge in [-0.1, -0.05) is 15.9 Å². The fourth-order valence-electron chi connectivity index (χ4n) is 0.865. The molecule has 0 fully saturated rings. The normalized spacial score (nSPS) is 9.77. The number of halogens is 1. The Morgan fingerprint density at radius 2 is 1.85 bits per heavy atom. The highest BCUT2D eigenvalue weighted by atomic mass is 79.9. The Balaban J connectivity index is 2.76. The van der Waals surface area contributed by atoms with Crippen molar-refractivity contribution in [3.8, 4) is 11.5 Å². The van der Waals surface area contributed by atoms with E-state index in [4.69, 9.17) is 14.2 Å². The molecule has 1 rings (SSSR count). The molecule has 0 atom stereocenters. The first-order valence-electron chi connectivity index (χ1n) is 3.72. The first-order chi connectivity index (χ1) is 6.26. The minimum Gasteiger partial charge on any atom is -0.497 e. The van der Waals surface area contributed by atoms with Crippen molar-refractivity contribution in [1.29, 1.82) is 0 Å². The van der Waals surface area contributed by atoms with Crippen LogP contribution in [0.15, 0.2) is 22.7 Å². The smallest absolute Gasteiger partial charge is 0.188 e. The summed E-state index contributed by atoms with van der Waals surface area (Å²) in [5.41, 5.74) is 0. The van der Waals surface area contributed by atoms with E-state index in [1.54, 1.807) is 20.3 Å². The largest absolute Gasteiger partial charge is 0.497 e. The molecule has 0 aliphatic rings. The van der Waals surface area contributed by atoms with Crippen LogP contribution < -0.4 is 9.47 Å². The molecule has 4 heteroatoms. The van der Waals surface area contributed by atoms with Crippen LogP contribution in [0.5, 0.6) is 11.5 Å². The van der Waals surface area contributed by atoms with E-state index in [2.05, 4.69) is 15.9 Å². The lowest BCUT2D eigenvalue weighted by Crippen LogP contribution is -1.98. The van der Waals surface area contributed by atoms with Gasteiger partial charge in [0.25, 0.3) is 0 Å². The van der Waals surface area contributed by atoms with Crippen LogP contribution >= 0.6 is 15.9 Å². The summed E-state index contributed by atoms with van der Waals surface area (Å²) in [7, 11) is 3.19. The topological polar surface area (TPSA) is 27.7 Å². The molecule has 1 aromatic carbocycles. The van der Waals surface area contributed by atoms with Gasteiger partial charge in [-0.25, -0.2) is 0 Å². The molecule has 0 heterocycles. The predicted octanol–water partition coefficient (Wildman–Crippen LogP) is 2.44. The molecule has 0 aliphatic heterocycles. The maximum Gasteiger partial charge on any atom is 0.188 e. The Morgan fingerprint density at radius 3 is 2.46 bits per heavy atom. The highest BCUT2D eigenvalue weighted by Crippen LogP contribution is 2.25. The van der Waals surface area contributed by atoms with Gasteiger partial charge in [0.05, 0.1) is 7.11 Å². The third-order valence-electron chi connectivity index (χ3n) is 1.42. The second kappa shape index (κ2) is 5.09. The first kappa shape index (κ1) is 10.3. The molecule has 0 spiro atoms. The number of rotatable bonds is 4. The zero-order chi connectivity index (χ0) is 9.68. The molecular formula is C9H11BrO3. The van der Waals surface area contributed by atoms with Crippen molar-refractivity contribution in [2.45, 2.75) is 0 Å². The van der Waals surface area contributed by atoms with Crippen LogP contribution in [0.2, 0.25) is 0 Å². The Bertz CT molecular complexity index is 276. The van der Waals surface area contributed by atoms with E-state index in [1.807, 2.05) is 12.1 Å². The Hall–Kier alpha value is -0.740. The van der Waals surface area contributed by atoms with Crippen LogP contribution in [0.1, 0.15) is 0 Å². The first-order valence-corrected chi connectivity index (χ1v) is 4.52. The molecule has 0 saturated carbocycles. The van der Waals surface area contributed by atoms with Crippen molar-refractivity contribution in [2.75, 3.05) is 21.0 Å². The molecule has 0 amide bonds.